The molecule has 116 valence electrons. The topological polar surface area (TPSA) is 39.7 Å². The Bertz CT molecular complexity index is 458. The van der Waals surface area contributed by atoms with Gasteiger partial charge in [-0.05, 0) is 55.2 Å². The Labute approximate surface area is 126 Å². The fraction of sp³-hybridized carbons (Fsp3) is 0.647. The summed E-state index contributed by atoms with van der Waals surface area (Å²) in [5.74, 6) is 3.91. The van der Waals surface area contributed by atoms with Gasteiger partial charge in [-0.3, -0.25) is 0 Å². The molecule has 4 nitrogen and oxygen atoms in total. The number of methoxy groups -OCH3 is 3. The molecule has 2 saturated carbocycles. The highest BCUT2D eigenvalue weighted by molar-refractivity contribution is 5.53. The normalized spacial score (nSPS) is 17.9. The first-order chi connectivity index (χ1) is 10.3. The molecule has 1 aromatic carbocycles. The SMILES string of the molecule is COc1cc(CNC(C2CC2)C2CC2)cc(OC)c1OC. The molecule has 4 heteroatoms. The molecular formula is C17H25NO3. The van der Waals surface area contributed by atoms with Crippen LogP contribution in [-0.2, 0) is 6.54 Å². The predicted molar refractivity (Wildman–Crippen MR) is 82.2 cm³/mol. The highest BCUT2D eigenvalue weighted by Crippen LogP contribution is 2.45. The molecule has 0 amide bonds. The fourth-order valence-electron chi connectivity index (χ4n) is 3.10. The van der Waals surface area contributed by atoms with Gasteiger partial charge >= 0.3 is 0 Å². The van der Waals surface area contributed by atoms with Crippen LogP contribution in [0, 0.1) is 11.8 Å². The molecule has 0 aromatic heterocycles. The Kier molecular flexibility index (Phi) is 4.24. The number of hydrogen-bond acceptors (Lipinski definition) is 4. The second kappa shape index (κ2) is 6.14. The highest BCUT2D eigenvalue weighted by atomic mass is 16.5. The minimum Gasteiger partial charge on any atom is -0.493 e. The van der Waals surface area contributed by atoms with Crippen LogP contribution in [0.3, 0.4) is 0 Å². The van der Waals surface area contributed by atoms with Gasteiger partial charge in [-0.25, -0.2) is 0 Å². The number of hydrogen-bond donors (Lipinski definition) is 1. The Morgan fingerprint density at radius 1 is 0.952 bits per heavy atom. The van der Waals surface area contributed by atoms with E-state index in [2.05, 4.69) is 5.32 Å². The van der Waals surface area contributed by atoms with Gasteiger partial charge in [0.05, 0.1) is 21.3 Å². The molecule has 21 heavy (non-hydrogen) atoms. The van der Waals surface area contributed by atoms with Gasteiger partial charge < -0.3 is 19.5 Å². The summed E-state index contributed by atoms with van der Waals surface area (Å²) in [6.07, 6.45) is 5.57. The third-order valence-electron chi connectivity index (χ3n) is 4.53. The van der Waals surface area contributed by atoms with Gasteiger partial charge in [0.2, 0.25) is 5.75 Å². The Hall–Kier alpha value is -1.42. The summed E-state index contributed by atoms with van der Waals surface area (Å²) in [4.78, 5) is 0. The molecule has 0 aliphatic heterocycles. The van der Waals surface area contributed by atoms with Crippen molar-refractivity contribution in [3.05, 3.63) is 17.7 Å². The summed E-state index contributed by atoms with van der Waals surface area (Å²) in [7, 11) is 4.95. The lowest BCUT2D eigenvalue weighted by Gasteiger charge is -2.19. The lowest BCUT2D eigenvalue weighted by molar-refractivity contribution is 0.323. The second-order valence-electron chi connectivity index (χ2n) is 6.12. The molecule has 1 aromatic rings. The molecule has 3 rings (SSSR count). The van der Waals surface area contributed by atoms with Crippen LogP contribution in [0.1, 0.15) is 31.2 Å². The van der Waals surface area contributed by atoms with E-state index < -0.39 is 0 Å². The molecule has 0 heterocycles. The van der Waals surface area contributed by atoms with E-state index in [0.717, 1.165) is 29.9 Å². The van der Waals surface area contributed by atoms with Crippen LogP contribution in [0.15, 0.2) is 12.1 Å². The lowest BCUT2D eigenvalue weighted by Crippen LogP contribution is -2.32. The third-order valence-corrected chi connectivity index (χ3v) is 4.53. The van der Waals surface area contributed by atoms with Crippen LogP contribution < -0.4 is 19.5 Å². The highest BCUT2D eigenvalue weighted by Gasteiger charge is 2.40. The van der Waals surface area contributed by atoms with E-state index in [1.165, 1.54) is 31.2 Å². The summed E-state index contributed by atoms with van der Waals surface area (Å²) in [5, 5.41) is 3.75. The van der Waals surface area contributed by atoms with Crippen molar-refractivity contribution in [2.45, 2.75) is 38.3 Å². The molecule has 2 aliphatic carbocycles. The standard InChI is InChI=1S/C17H25NO3/c1-19-14-8-11(9-15(20-2)17(14)21-3)10-18-16(12-4-5-12)13-6-7-13/h8-9,12-13,16,18H,4-7,10H2,1-3H3. The Morgan fingerprint density at radius 3 is 1.86 bits per heavy atom. The maximum atomic E-state index is 5.41. The number of benzene rings is 1. The van der Waals surface area contributed by atoms with Crippen LogP contribution in [0.5, 0.6) is 17.2 Å². The van der Waals surface area contributed by atoms with Crippen molar-refractivity contribution in [1.82, 2.24) is 5.32 Å². The molecular weight excluding hydrogens is 266 g/mol. The lowest BCUT2D eigenvalue weighted by atomic mass is 10.1. The van der Waals surface area contributed by atoms with E-state index in [-0.39, 0.29) is 0 Å². The first-order valence-electron chi connectivity index (χ1n) is 7.79. The van der Waals surface area contributed by atoms with Gasteiger partial charge in [-0.2, -0.15) is 0 Å². The van der Waals surface area contributed by atoms with Gasteiger partial charge in [0.25, 0.3) is 0 Å². The van der Waals surface area contributed by atoms with E-state index in [1.54, 1.807) is 21.3 Å². The van der Waals surface area contributed by atoms with Gasteiger partial charge in [0.15, 0.2) is 11.5 Å². The molecule has 0 saturated heterocycles. The van der Waals surface area contributed by atoms with Crippen molar-refractivity contribution in [3.63, 3.8) is 0 Å². The molecule has 0 spiro atoms. The second-order valence-corrected chi connectivity index (χ2v) is 6.12. The van der Waals surface area contributed by atoms with Crippen LogP contribution in [-0.4, -0.2) is 27.4 Å². The molecule has 0 radical (unpaired) electrons. The van der Waals surface area contributed by atoms with Crippen molar-refractivity contribution in [1.29, 1.82) is 0 Å². The quantitative estimate of drug-likeness (QED) is 0.799. The minimum absolute atomic E-state index is 0.657. The predicted octanol–water partition coefficient (Wildman–Crippen LogP) is 2.99. The maximum Gasteiger partial charge on any atom is 0.203 e. The largest absolute Gasteiger partial charge is 0.493 e. The Morgan fingerprint density at radius 2 is 1.48 bits per heavy atom. The first kappa shape index (κ1) is 14.5. The summed E-state index contributed by atoms with van der Waals surface area (Å²) in [6, 6.07) is 4.76. The molecule has 0 bridgehead atoms. The van der Waals surface area contributed by atoms with Gasteiger partial charge in [0.1, 0.15) is 0 Å². The van der Waals surface area contributed by atoms with Crippen molar-refractivity contribution < 1.29 is 14.2 Å². The van der Waals surface area contributed by atoms with Crippen LogP contribution in [0.2, 0.25) is 0 Å². The smallest absolute Gasteiger partial charge is 0.203 e. The van der Waals surface area contributed by atoms with E-state index in [9.17, 15) is 0 Å². The third kappa shape index (κ3) is 3.26. The van der Waals surface area contributed by atoms with Crippen LogP contribution in [0.25, 0.3) is 0 Å². The summed E-state index contributed by atoms with van der Waals surface area (Å²) < 4.78 is 16.2. The van der Waals surface area contributed by atoms with E-state index in [0.29, 0.717) is 11.8 Å². The zero-order chi connectivity index (χ0) is 14.8. The van der Waals surface area contributed by atoms with Crippen molar-refractivity contribution in [2.75, 3.05) is 21.3 Å². The zero-order valence-corrected chi connectivity index (χ0v) is 13.1. The molecule has 0 atom stereocenters. The van der Waals surface area contributed by atoms with Gasteiger partial charge in [0, 0.05) is 12.6 Å². The van der Waals surface area contributed by atoms with Crippen molar-refractivity contribution in [3.8, 4) is 17.2 Å². The summed E-state index contributed by atoms with van der Waals surface area (Å²) in [5.41, 5.74) is 1.18. The number of rotatable bonds is 8. The van der Waals surface area contributed by atoms with Crippen molar-refractivity contribution >= 4 is 0 Å². The summed E-state index contributed by atoms with van der Waals surface area (Å²) in [6.45, 7) is 0.856. The monoisotopic (exact) mass is 291 g/mol. The van der Waals surface area contributed by atoms with Crippen LogP contribution in [0.4, 0.5) is 0 Å². The van der Waals surface area contributed by atoms with E-state index in [1.807, 2.05) is 12.1 Å². The molecule has 2 fully saturated rings. The first-order valence-corrected chi connectivity index (χ1v) is 7.79. The van der Waals surface area contributed by atoms with E-state index in [4.69, 9.17) is 14.2 Å². The molecule has 2 aliphatic rings. The maximum absolute atomic E-state index is 5.41. The van der Waals surface area contributed by atoms with Gasteiger partial charge in [-0.1, -0.05) is 0 Å². The average Bonchev–Trinajstić information content (AvgIpc) is 3.38. The fourth-order valence-corrected chi connectivity index (χ4v) is 3.10. The molecule has 0 unspecified atom stereocenters. The zero-order valence-electron chi connectivity index (χ0n) is 13.1. The Balaban J connectivity index is 1.72. The van der Waals surface area contributed by atoms with E-state index >= 15 is 0 Å². The summed E-state index contributed by atoms with van der Waals surface area (Å²) >= 11 is 0. The van der Waals surface area contributed by atoms with Crippen LogP contribution >= 0.6 is 0 Å². The number of ether oxygens (including phenoxy) is 3. The van der Waals surface area contributed by atoms with Crippen molar-refractivity contribution in [2.24, 2.45) is 11.8 Å². The minimum atomic E-state index is 0.657. The van der Waals surface area contributed by atoms with Gasteiger partial charge in [-0.15, -0.1) is 0 Å². The average molecular weight is 291 g/mol. The number of nitrogens with one attached hydrogen (secondary N) is 1. The molecule has 1 N–H and O–H groups in total.